The fourth-order valence-electron chi connectivity index (χ4n) is 1.61. The summed E-state index contributed by atoms with van der Waals surface area (Å²) in [7, 11) is -1.07. The third kappa shape index (κ3) is 5.72. The molecule has 1 N–H and O–H groups in total. The van der Waals surface area contributed by atoms with Crippen molar-refractivity contribution < 1.29 is 4.21 Å². The molecule has 5 heteroatoms. The first-order chi connectivity index (χ1) is 9.01. The van der Waals surface area contributed by atoms with Crippen LogP contribution in [0.25, 0.3) is 0 Å². The third-order valence-electron chi connectivity index (χ3n) is 2.95. The van der Waals surface area contributed by atoms with Crippen LogP contribution in [-0.2, 0) is 17.4 Å². The van der Waals surface area contributed by atoms with E-state index in [2.05, 4.69) is 18.6 Å². The molecule has 0 heterocycles. The zero-order chi connectivity index (χ0) is 15.6. The van der Waals surface area contributed by atoms with Crippen molar-refractivity contribution in [3.8, 4) is 0 Å². The van der Waals surface area contributed by atoms with Gasteiger partial charge in [0.15, 0.2) is 0 Å². The topological polar surface area (TPSA) is 29.1 Å². The van der Waals surface area contributed by atoms with Gasteiger partial charge in [-0.25, -0.2) is 8.93 Å². The van der Waals surface area contributed by atoms with E-state index in [1.165, 1.54) is 0 Å². The van der Waals surface area contributed by atoms with Gasteiger partial charge in [-0.1, -0.05) is 29.3 Å². The lowest BCUT2D eigenvalue weighted by Gasteiger charge is -2.30. The van der Waals surface area contributed by atoms with Gasteiger partial charge in [-0.15, -0.1) is 0 Å². The van der Waals surface area contributed by atoms with Crippen LogP contribution in [0.5, 0.6) is 0 Å². The number of hydrogen-bond acceptors (Lipinski definition) is 1. The molecule has 0 bridgehead atoms. The predicted octanol–water partition coefficient (Wildman–Crippen LogP) is 4.76. The van der Waals surface area contributed by atoms with E-state index in [1.807, 2.05) is 39.0 Å². The second-order valence-electron chi connectivity index (χ2n) is 6.62. The fraction of sp³-hybridized carbons (Fsp3) is 0.600. The molecule has 0 aliphatic carbocycles. The largest absolute Gasteiger partial charge is 0.242 e. The highest BCUT2D eigenvalue weighted by Gasteiger charge is 2.26. The Hall–Kier alpha value is -0.0900. The minimum absolute atomic E-state index is 0.204. The quantitative estimate of drug-likeness (QED) is 0.825. The first-order valence-corrected chi connectivity index (χ1v) is 8.55. The van der Waals surface area contributed by atoms with Gasteiger partial charge in [0.1, 0.15) is 0 Å². The van der Waals surface area contributed by atoms with Crippen LogP contribution in [0.2, 0.25) is 10.0 Å². The molecule has 1 aromatic carbocycles. The number of hydrogen-bond donors (Lipinski definition) is 1. The Labute approximate surface area is 134 Å². The van der Waals surface area contributed by atoms with Crippen LogP contribution in [-0.4, -0.2) is 14.5 Å². The highest BCUT2D eigenvalue weighted by molar-refractivity contribution is 7.84. The second kappa shape index (κ2) is 6.78. The van der Waals surface area contributed by atoms with Gasteiger partial charge in [-0.05, 0) is 65.2 Å². The summed E-state index contributed by atoms with van der Waals surface area (Å²) in [4.78, 5) is 0. The molecule has 20 heavy (non-hydrogen) atoms. The molecule has 0 spiro atoms. The van der Waals surface area contributed by atoms with Crippen LogP contribution in [0.4, 0.5) is 0 Å². The Morgan fingerprint density at radius 2 is 1.70 bits per heavy atom. The van der Waals surface area contributed by atoms with Crippen molar-refractivity contribution in [3.63, 3.8) is 0 Å². The summed E-state index contributed by atoms with van der Waals surface area (Å²) in [6.07, 6.45) is 1.73. The Morgan fingerprint density at radius 3 is 2.20 bits per heavy atom. The summed E-state index contributed by atoms with van der Waals surface area (Å²) in [5.74, 6) is 0. The maximum atomic E-state index is 12.2. The molecule has 0 aliphatic rings. The average Bonchev–Trinajstić information content (AvgIpc) is 2.29. The summed E-state index contributed by atoms with van der Waals surface area (Å²) < 4.78 is 15.1. The molecule has 1 rings (SSSR count). The molecule has 1 atom stereocenters. The number of rotatable bonds is 5. The molecular formula is C15H23Cl2NOS. The molecule has 0 radical (unpaired) electrons. The maximum absolute atomic E-state index is 12.2. The first-order valence-electron chi connectivity index (χ1n) is 6.65. The molecule has 0 aliphatic heterocycles. The van der Waals surface area contributed by atoms with E-state index in [4.69, 9.17) is 23.2 Å². The standard InChI is InChI=1S/C15H23Cl2NOS/c1-14(2,3)20(19)18-15(4,5)9-8-11-6-7-12(16)13(17)10-11/h6-7,10,18H,8-9H2,1-5H3. The van der Waals surface area contributed by atoms with Gasteiger partial charge in [0.05, 0.1) is 25.8 Å². The zero-order valence-corrected chi connectivity index (χ0v) is 15.0. The molecule has 1 aromatic rings. The molecule has 1 unspecified atom stereocenters. The molecule has 0 aromatic heterocycles. The average molecular weight is 336 g/mol. The lowest BCUT2D eigenvalue weighted by Crippen LogP contribution is -2.46. The number of aryl methyl sites for hydroxylation is 1. The molecule has 0 fully saturated rings. The van der Waals surface area contributed by atoms with Crippen molar-refractivity contribution in [1.29, 1.82) is 0 Å². The summed E-state index contributed by atoms with van der Waals surface area (Å²) >= 11 is 11.9. The maximum Gasteiger partial charge on any atom is 0.0975 e. The molecular weight excluding hydrogens is 313 g/mol. The summed E-state index contributed by atoms with van der Waals surface area (Å²) in [6, 6.07) is 5.68. The van der Waals surface area contributed by atoms with E-state index in [-0.39, 0.29) is 10.3 Å². The normalized spacial score (nSPS) is 14.3. The van der Waals surface area contributed by atoms with Crippen LogP contribution in [0, 0.1) is 0 Å². The van der Waals surface area contributed by atoms with Gasteiger partial charge < -0.3 is 0 Å². The highest BCUT2D eigenvalue weighted by Crippen LogP contribution is 2.24. The Morgan fingerprint density at radius 1 is 1.10 bits per heavy atom. The minimum atomic E-state index is -1.07. The monoisotopic (exact) mass is 335 g/mol. The lowest BCUT2D eigenvalue weighted by molar-refractivity contribution is 0.430. The smallest absolute Gasteiger partial charge is 0.0975 e. The van der Waals surface area contributed by atoms with Crippen molar-refractivity contribution in [2.45, 2.75) is 57.7 Å². The van der Waals surface area contributed by atoms with Gasteiger partial charge in [0, 0.05) is 5.54 Å². The van der Waals surface area contributed by atoms with Crippen molar-refractivity contribution >= 4 is 34.2 Å². The van der Waals surface area contributed by atoms with E-state index in [0.29, 0.717) is 10.0 Å². The van der Waals surface area contributed by atoms with Crippen LogP contribution in [0.15, 0.2) is 18.2 Å². The van der Waals surface area contributed by atoms with Gasteiger partial charge in [-0.3, -0.25) is 0 Å². The van der Waals surface area contributed by atoms with Crippen LogP contribution in [0.3, 0.4) is 0 Å². The minimum Gasteiger partial charge on any atom is -0.242 e. The van der Waals surface area contributed by atoms with Crippen LogP contribution >= 0.6 is 23.2 Å². The molecule has 2 nitrogen and oxygen atoms in total. The highest BCUT2D eigenvalue weighted by atomic mass is 35.5. The van der Waals surface area contributed by atoms with Gasteiger partial charge in [-0.2, -0.15) is 0 Å². The van der Waals surface area contributed by atoms with Crippen LogP contribution < -0.4 is 4.72 Å². The molecule has 0 amide bonds. The third-order valence-corrected chi connectivity index (χ3v) is 5.54. The molecule has 114 valence electrons. The van der Waals surface area contributed by atoms with Gasteiger partial charge >= 0.3 is 0 Å². The van der Waals surface area contributed by atoms with Gasteiger partial charge in [0.2, 0.25) is 0 Å². The van der Waals surface area contributed by atoms with Crippen molar-refractivity contribution in [2.24, 2.45) is 0 Å². The van der Waals surface area contributed by atoms with E-state index in [0.717, 1.165) is 18.4 Å². The van der Waals surface area contributed by atoms with E-state index in [9.17, 15) is 4.21 Å². The molecule has 0 saturated carbocycles. The number of benzene rings is 1. The van der Waals surface area contributed by atoms with E-state index in [1.54, 1.807) is 0 Å². The SMILES string of the molecule is CC(C)(CCc1ccc(Cl)c(Cl)c1)NS(=O)C(C)(C)C. The zero-order valence-electron chi connectivity index (χ0n) is 12.7. The van der Waals surface area contributed by atoms with Crippen molar-refractivity contribution in [1.82, 2.24) is 4.72 Å². The van der Waals surface area contributed by atoms with Crippen molar-refractivity contribution in [2.75, 3.05) is 0 Å². The first kappa shape index (κ1) is 18.0. The predicted molar refractivity (Wildman–Crippen MR) is 89.9 cm³/mol. The summed E-state index contributed by atoms with van der Waals surface area (Å²) in [6.45, 7) is 10.0. The summed E-state index contributed by atoms with van der Waals surface area (Å²) in [5, 5.41) is 1.15. The Bertz CT molecular complexity index is 495. The Balaban J connectivity index is 2.63. The number of nitrogens with one attached hydrogen (secondary N) is 1. The van der Waals surface area contributed by atoms with E-state index < -0.39 is 11.0 Å². The van der Waals surface area contributed by atoms with Crippen molar-refractivity contribution in [3.05, 3.63) is 33.8 Å². The van der Waals surface area contributed by atoms with E-state index >= 15 is 0 Å². The fourth-order valence-corrected chi connectivity index (χ4v) is 2.84. The summed E-state index contributed by atoms with van der Waals surface area (Å²) in [5.41, 5.74) is 0.931. The molecule has 0 saturated heterocycles. The van der Waals surface area contributed by atoms with Crippen LogP contribution in [0.1, 0.15) is 46.6 Å². The Kier molecular flexibility index (Phi) is 6.09. The second-order valence-corrected chi connectivity index (χ2v) is 9.40. The lowest BCUT2D eigenvalue weighted by atomic mass is 9.96. The van der Waals surface area contributed by atoms with Gasteiger partial charge in [0.25, 0.3) is 0 Å². The number of halogens is 2.